The summed E-state index contributed by atoms with van der Waals surface area (Å²) in [5.74, 6) is 0. The van der Waals surface area contributed by atoms with Gasteiger partial charge in [0.15, 0.2) is 0 Å². The van der Waals surface area contributed by atoms with Gasteiger partial charge in [0.25, 0.3) is 0 Å². The van der Waals surface area contributed by atoms with Gasteiger partial charge >= 0.3 is 0 Å². The van der Waals surface area contributed by atoms with Crippen molar-refractivity contribution in [3.63, 3.8) is 0 Å². The number of nitrogens with zero attached hydrogens (tertiary/aromatic N) is 4. The first-order valence-electron chi connectivity index (χ1n) is 4.25. The van der Waals surface area contributed by atoms with Gasteiger partial charge in [-0.3, -0.25) is 4.68 Å². The van der Waals surface area contributed by atoms with Gasteiger partial charge in [-0.05, 0) is 6.92 Å². The minimum Gasteiger partial charge on any atom is -0.356 e. The molecule has 0 saturated heterocycles. The van der Waals surface area contributed by atoms with Crippen molar-refractivity contribution in [2.75, 3.05) is 5.32 Å². The van der Waals surface area contributed by atoms with E-state index in [0.717, 1.165) is 22.2 Å². The van der Waals surface area contributed by atoms with Crippen LogP contribution in [0.15, 0.2) is 12.4 Å². The lowest BCUT2D eigenvalue weighted by Crippen LogP contribution is -1.97. The fourth-order valence-corrected chi connectivity index (χ4v) is 1.70. The number of aromatic nitrogens is 4. The summed E-state index contributed by atoms with van der Waals surface area (Å²) in [5, 5.41) is 17.0. The number of rotatable bonds is 3. The average molecular weight is 209 g/mol. The molecule has 5 nitrogen and oxygen atoms in total. The highest BCUT2D eigenvalue weighted by molar-refractivity contribution is 7.15. The molecule has 74 valence electrons. The molecule has 0 unspecified atom stereocenters. The molecule has 2 aromatic heterocycles. The zero-order chi connectivity index (χ0) is 9.97. The molecule has 2 aromatic rings. The van der Waals surface area contributed by atoms with Gasteiger partial charge in [0, 0.05) is 25.4 Å². The Labute approximate surface area is 85.8 Å². The van der Waals surface area contributed by atoms with Crippen LogP contribution in [-0.4, -0.2) is 20.0 Å². The van der Waals surface area contributed by atoms with E-state index in [-0.39, 0.29) is 0 Å². The predicted molar refractivity (Wildman–Crippen MR) is 55.2 cm³/mol. The molecule has 0 aliphatic rings. The number of hydrogen-bond donors (Lipinski definition) is 1. The third-order valence-corrected chi connectivity index (χ3v) is 2.52. The molecule has 0 spiro atoms. The van der Waals surface area contributed by atoms with Crippen molar-refractivity contribution in [2.45, 2.75) is 13.5 Å². The summed E-state index contributed by atoms with van der Waals surface area (Å²) < 4.78 is 1.78. The van der Waals surface area contributed by atoms with Crippen molar-refractivity contribution in [3.8, 4) is 0 Å². The van der Waals surface area contributed by atoms with Crippen LogP contribution in [-0.2, 0) is 13.6 Å². The van der Waals surface area contributed by atoms with E-state index >= 15 is 0 Å². The molecule has 0 radical (unpaired) electrons. The van der Waals surface area contributed by atoms with Crippen molar-refractivity contribution < 1.29 is 0 Å². The second-order valence-electron chi connectivity index (χ2n) is 3.00. The Kier molecular flexibility index (Phi) is 2.45. The Morgan fingerprint density at radius 3 is 2.93 bits per heavy atom. The number of hydrogen-bond acceptors (Lipinski definition) is 5. The molecular weight excluding hydrogens is 198 g/mol. The minimum atomic E-state index is 0.739. The molecular formula is C8H11N5S. The van der Waals surface area contributed by atoms with Gasteiger partial charge in [-0.25, -0.2) is 0 Å². The molecule has 2 heterocycles. The first kappa shape index (κ1) is 9.14. The minimum absolute atomic E-state index is 0.739. The van der Waals surface area contributed by atoms with E-state index in [1.807, 2.05) is 26.4 Å². The largest absolute Gasteiger partial charge is 0.356 e. The molecule has 0 fully saturated rings. The van der Waals surface area contributed by atoms with E-state index < -0.39 is 0 Å². The summed E-state index contributed by atoms with van der Waals surface area (Å²) >= 11 is 1.55. The predicted octanol–water partition coefficient (Wildman–Crippen LogP) is 1.19. The van der Waals surface area contributed by atoms with E-state index in [1.54, 1.807) is 16.0 Å². The van der Waals surface area contributed by atoms with Crippen molar-refractivity contribution >= 4 is 16.5 Å². The van der Waals surface area contributed by atoms with Crippen LogP contribution < -0.4 is 5.32 Å². The molecule has 2 rings (SSSR count). The first-order chi connectivity index (χ1) is 6.74. The molecule has 0 saturated carbocycles. The maximum atomic E-state index is 4.08. The first-order valence-corrected chi connectivity index (χ1v) is 5.07. The highest BCUT2D eigenvalue weighted by Crippen LogP contribution is 2.14. The lowest BCUT2D eigenvalue weighted by Gasteiger charge is -1.96. The monoisotopic (exact) mass is 209 g/mol. The molecule has 0 amide bonds. The number of nitrogens with one attached hydrogen (secondary N) is 1. The molecule has 0 aromatic carbocycles. The van der Waals surface area contributed by atoms with Crippen LogP contribution in [0.5, 0.6) is 0 Å². The lowest BCUT2D eigenvalue weighted by atomic mass is 10.4. The third-order valence-electron chi connectivity index (χ3n) is 1.73. The van der Waals surface area contributed by atoms with Gasteiger partial charge in [0.1, 0.15) is 5.01 Å². The molecule has 0 atom stereocenters. The second kappa shape index (κ2) is 3.75. The van der Waals surface area contributed by atoms with Crippen molar-refractivity contribution in [1.29, 1.82) is 0 Å². The van der Waals surface area contributed by atoms with Crippen LogP contribution in [0.3, 0.4) is 0 Å². The second-order valence-corrected chi connectivity index (χ2v) is 4.18. The summed E-state index contributed by atoms with van der Waals surface area (Å²) in [4.78, 5) is 0. The van der Waals surface area contributed by atoms with Gasteiger partial charge in [-0.1, -0.05) is 11.3 Å². The van der Waals surface area contributed by atoms with E-state index in [4.69, 9.17) is 0 Å². The lowest BCUT2D eigenvalue weighted by molar-refractivity contribution is 0.767. The van der Waals surface area contributed by atoms with Crippen LogP contribution in [0.4, 0.5) is 5.13 Å². The van der Waals surface area contributed by atoms with E-state index in [9.17, 15) is 0 Å². The molecule has 0 bridgehead atoms. The smallest absolute Gasteiger partial charge is 0.205 e. The van der Waals surface area contributed by atoms with E-state index in [0.29, 0.717) is 0 Å². The van der Waals surface area contributed by atoms with Crippen molar-refractivity contribution in [1.82, 2.24) is 20.0 Å². The van der Waals surface area contributed by atoms with Gasteiger partial charge in [-0.15, -0.1) is 10.2 Å². The highest BCUT2D eigenvalue weighted by atomic mass is 32.1. The number of aryl methyl sites for hydroxylation is 2. The van der Waals surface area contributed by atoms with Crippen LogP contribution in [0.2, 0.25) is 0 Å². The molecule has 0 aliphatic carbocycles. The van der Waals surface area contributed by atoms with Crippen molar-refractivity contribution in [3.05, 3.63) is 23.0 Å². The fraction of sp³-hybridized carbons (Fsp3) is 0.375. The number of anilines is 1. The Balaban J connectivity index is 1.94. The summed E-state index contributed by atoms with van der Waals surface area (Å²) in [7, 11) is 1.90. The summed E-state index contributed by atoms with van der Waals surface area (Å²) in [6, 6.07) is 0. The average Bonchev–Trinajstić information content (AvgIpc) is 2.72. The summed E-state index contributed by atoms with van der Waals surface area (Å²) in [5.41, 5.74) is 1.14. The molecule has 6 heteroatoms. The Bertz CT molecular complexity index is 379. The van der Waals surface area contributed by atoms with E-state index in [2.05, 4.69) is 20.6 Å². The Morgan fingerprint density at radius 2 is 2.36 bits per heavy atom. The SMILES string of the molecule is Cc1nnc(NCc2cnn(C)c2)s1. The Hall–Kier alpha value is -1.43. The summed E-state index contributed by atoms with van der Waals surface area (Å²) in [6.45, 7) is 2.68. The molecule has 0 aliphatic heterocycles. The van der Waals surface area contributed by atoms with Gasteiger partial charge < -0.3 is 5.32 Å². The van der Waals surface area contributed by atoms with Gasteiger partial charge in [-0.2, -0.15) is 5.10 Å². The van der Waals surface area contributed by atoms with Crippen LogP contribution in [0.25, 0.3) is 0 Å². The van der Waals surface area contributed by atoms with Gasteiger partial charge in [0.05, 0.1) is 6.20 Å². The topological polar surface area (TPSA) is 55.6 Å². The highest BCUT2D eigenvalue weighted by Gasteiger charge is 2.00. The quantitative estimate of drug-likeness (QED) is 0.825. The third kappa shape index (κ3) is 2.08. The zero-order valence-electron chi connectivity index (χ0n) is 8.06. The maximum absolute atomic E-state index is 4.08. The van der Waals surface area contributed by atoms with Gasteiger partial charge in [0.2, 0.25) is 5.13 Å². The van der Waals surface area contributed by atoms with Crippen LogP contribution in [0, 0.1) is 6.92 Å². The molecule has 14 heavy (non-hydrogen) atoms. The maximum Gasteiger partial charge on any atom is 0.205 e. The summed E-state index contributed by atoms with van der Waals surface area (Å²) in [6.07, 6.45) is 3.81. The Morgan fingerprint density at radius 1 is 1.50 bits per heavy atom. The normalized spacial score (nSPS) is 10.4. The molecule has 1 N–H and O–H groups in total. The zero-order valence-corrected chi connectivity index (χ0v) is 8.88. The fourth-order valence-electron chi connectivity index (χ4n) is 1.11. The van der Waals surface area contributed by atoms with Crippen LogP contribution in [0.1, 0.15) is 10.6 Å². The van der Waals surface area contributed by atoms with Crippen LogP contribution >= 0.6 is 11.3 Å². The standard InChI is InChI=1S/C8H11N5S/c1-6-11-12-8(14-6)9-3-7-4-10-13(2)5-7/h4-5H,3H2,1-2H3,(H,9,12). The van der Waals surface area contributed by atoms with Crippen molar-refractivity contribution in [2.24, 2.45) is 7.05 Å². The van der Waals surface area contributed by atoms with E-state index in [1.165, 1.54) is 0 Å².